The SMILES string of the molecule is C1CC(COC[C@@H]2CCNC2)C1. The third-order valence-corrected chi connectivity index (χ3v) is 3.09. The zero-order chi connectivity index (χ0) is 8.23. The zero-order valence-corrected chi connectivity index (χ0v) is 7.72. The molecule has 1 aliphatic heterocycles. The van der Waals surface area contributed by atoms with Crippen LogP contribution in [0.4, 0.5) is 0 Å². The summed E-state index contributed by atoms with van der Waals surface area (Å²) < 4.78 is 5.68. The van der Waals surface area contributed by atoms with Gasteiger partial charge in [0, 0.05) is 13.2 Å². The van der Waals surface area contributed by atoms with Gasteiger partial charge < -0.3 is 10.1 Å². The van der Waals surface area contributed by atoms with Crippen LogP contribution in [-0.4, -0.2) is 26.3 Å². The maximum atomic E-state index is 5.68. The van der Waals surface area contributed by atoms with Crippen LogP contribution in [0.3, 0.4) is 0 Å². The van der Waals surface area contributed by atoms with Gasteiger partial charge >= 0.3 is 0 Å². The average Bonchev–Trinajstić information content (AvgIpc) is 2.46. The molecule has 1 heterocycles. The first-order chi connectivity index (χ1) is 5.95. The lowest BCUT2D eigenvalue weighted by Gasteiger charge is -2.25. The molecule has 0 unspecified atom stereocenters. The van der Waals surface area contributed by atoms with Gasteiger partial charge in [0.25, 0.3) is 0 Å². The van der Waals surface area contributed by atoms with Gasteiger partial charge in [-0.25, -0.2) is 0 Å². The molecule has 0 bridgehead atoms. The smallest absolute Gasteiger partial charge is 0.0507 e. The van der Waals surface area contributed by atoms with Gasteiger partial charge in [0.2, 0.25) is 0 Å². The van der Waals surface area contributed by atoms with Crippen LogP contribution in [0, 0.1) is 11.8 Å². The highest BCUT2D eigenvalue weighted by atomic mass is 16.5. The monoisotopic (exact) mass is 169 g/mol. The highest BCUT2D eigenvalue weighted by Crippen LogP contribution is 2.26. The summed E-state index contributed by atoms with van der Waals surface area (Å²) in [6, 6.07) is 0. The molecule has 0 radical (unpaired) electrons. The number of hydrogen-bond donors (Lipinski definition) is 1. The van der Waals surface area contributed by atoms with Crippen molar-refractivity contribution >= 4 is 0 Å². The summed E-state index contributed by atoms with van der Waals surface area (Å²) in [5, 5.41) is 3.36. The van der Waals surface area contributed by atoms with Crippen molar-refractivity contribution < 1.29 is 4.74 Å². The summed E-state index contributed by atoms with van der Waals surface area (Å²) in [6.45, 7) is 4.38. The van der Waals surface area contributed by atoms with Crippen LogP contribution in [0.25, 0.3) is 0 Å². The summed E-state index contributed by atoms with van der Waals surface area (Å²) >= 11 is 0. The van der Waals surface area contributed by atoms with E-state index in [1.165, 1.54) is 38.8 Å². The molecule has 2 aliphatic rings. The Balaban J connectivity index is 1.49. The second kappa shape index (κ2) is 4.24. The molecule has 0 aromatic carbocycles. The second-order valence-corrected chi connectivity index (χ2v) is 4.19. The van der Waals surface area contributed by atoms with Crippen molar-refractivity contribution in [3.8, 4) is 0 Å². The Hall–Kier alpha value is -0.0800. The van der Waals surface area contributed by atoms with Gasteiger partial charge in [-0.3, -0.25) is 0 Å². The highest BCUT2D eigenvalue weighted by molar-refractivity contribution is 4.72. The highest BCUT2D eigenvalue weighted by Gasteiger charge is 2.19. The molecular formula is C10H19NO. The predicted octanol–water partition coefficient (Wildman–Crippen LogP) is 1.41. The fourth-order valence-corrected chi connectivity index (χ4v) is 1.92. The molecular weight excluding hydrogens is 150 g/mol. The first-order valence-electron chi connectivity index (χ1n) is 5.23. The average molecular weight is 169 g/mol. The lowest BCUT2D eigenvalue weighted by Crippen LogP contribution is -2.21. The quantitative estimate of drug-likeness (QED) is 0.687. The van der Waals surface area contributed by atoms with E-state index in [4.69, 9.17) is 4.74 Å². The third-order valence-electron chi connectivity index (χ3n) is 3.09. The largest absolute Gasteiger partial charge is 0.381 e. The fourth-order valence-electron chi connectivity index (χ4n) is 1.92. The van der Waals surface area contributed by atoms with Gasteiger partial charge in [0.05, 0.1) is 6.61 Å². The van der Waals surface area contributed by atoms with E-state index >= 15 is 0 Å². The van der Waals surface area contributed by atoms with Crippen LogP contribution in [0.5, 0.6) is 0 Å². The Morgan fingerprint density at radius 3 is 2.50 bits per heavy atom. The second-order valence-electron chi connectivity index (χ2n) is 4.19. The van der Waals surface area contributed by atoms with Crippen LogP contribution in [-0.2, 0) is 4.74 Å². The number of ether oxygens (including phenoxy) is 1. The molecule has 1 saturated heterocycles. The maximum Gasteiger partial charge on any atom is 0.0507 e. The van der Waals surface area contributed by atoms with Crippen LogP contribution >= 0.6 is 0 Å². The minimum absolute atomic E-state index is 0.796. The van der Waals surface area contributed by atoms with E-state index < -0.39 is 0 Å². The van der Waals surface area contributed by atoms with Crippen molar-refractivity contribution in [3.05, 3.63) is 0 Å². The van der Waals surface area contributed by atoms with E-state index in [1.807, 2.05) is 0 Å². The van der Waals surface area contributed by atoms with E-state index in [2.05, 4.69) is 5.32 Å². The van der Waals surface area contributed by atoms with Gasteiger partial charge in [-0.2, -0.15) is 0 Å². The fraction of sp³-hybridized carbons (Fsp3) is 1.00. The van der Waals surface area contributed by atoms with Crippen LogP contribution in [0.15, 0.2) is 0 Å². The Labute approximate surface area is 74.7 Å². The zero-order valence-electron chi connectivity index (χ0n) is 7.72. The maximum absolute atomic E-state index is 5.68. The number of nitrogens with one attached hydrogen (secondary N) is 1. The van der Waals surface area contributed by atoms with Gasteiger partial charge in [0.1, 0.15) is 0 Å². The summed E-state index contributed by atoms with van der Waals surface area (Å²) in [7, 11) is 0. The molecule has 0 spiro atoms. The van der Waals surface area contributed by atoms with Crippen molar-refractivity contribution in [1.29, 1.82) is 0 Å². The molecule has 1 N–H and O–H groups in total. The first kappa shape index (κ1) is 8.52. The molecule has 2 heteroatoms. The van der Waals surface area contributed by atoms with Crippen molar-refractivity contribution in [1.82, 2.24) is 5.32 Å². The first-order valence-corrected chi connectivity index (χ1v) is 5.23. The summed E-state index contributed by atoms with van der Waals surface area (Å²) in [6.07, 6.45) is 5.55. The third kappa shape index (κ3) is 2.20. The Bertz CT molecular complexity index is 128. The molecule has 1 saturated carbocycles. The molecule has 70 valence electrons. The Morgan fingerprint density at radius 1 is 1.08 bits per heavy atom. The molecule has 1 atom stereocenters. The topological polar surface area (TPSA) is 21.3 Å². The van der Waals surface area contributed by atoms with Crippen LogP contribution in [0.1, 0.15) is 25.7 Å². The molecule has 2 rings (SSSR count). The Morgan fingerprint density at radius 2 is 1.92 bits per heavy atom. The summed E-state index contributed by atoms with van der Waals surface area (Å²) in [5.41, 5.74) is 0. The lowest BCUT2D eigenvalue weighted by atomic mass is 9.86. The molecule has 2 nitrogen and oxygen atoms in total. The summed E-state index contributed by atoms with van der Waals surface area (Å²) in [4.78, 5) is 0. The van der Waals surface area contributed by atoms with E-state index in [0.29, 0.717) is 0 Å². The van der Waals surface area contributed by atoms with E-state index in [-0.39, 0.29) is 0 Å². The van der Waals surface area contributed by atoms with Crippen molar-refractivity contribution in [2.75, 3.05) is 26.3 Å². The van der Waals surface area contributed by atoms with Crippen LogP contribution in [0.2, 0.25) is 0 Å². The van der Waals surface area contributed by atoms with Gasteiger partial charge in [-0.15, -0.1) is 0 Å². The van der Waals surface area contributed by atoms with E-state index in [9.17, 15) is 0 Å². The van der Waals surface area contributed by atoms with Crippen molar-refractivity contribution in [3.63, 3.8) is 0 Å². The molecule has 0 amide bonds. The van der Waals surface area contributed by atoms with Crippen molar-refractivity contribution in [2.45, 2.75) is 25.7 Å². The Kier molecular flexibility index (Phi) is 3.01. The summed E-state index contributed by atoms with van der Waals surface area (Å²) in [5.74, 6) is 1.70. The normalized spacial score (nSPS) is 30.5. The van der Waals surface area contributed by atoms with Crippen LogP contribution < -0.4 is 5.32 Å². The minimum atomic E-state index is 0.796. The van der Waals surface area contributed by atoms with Gasteiger partial charge in [-0.05, 0) is 37.6 Å². The molecule has 1 aliphatic carbocycles. The van der Waals surface area contributed by atoms with Gasteiger partial charge in [0.15, 0.2) is 0 Å². The predicted molar refractivity (Wildman–Crippen MR) is 49.1 cm³/mol. The van der Waals surface area contributed by atoms with E-state index in [1.54, 1.807) is 0 Å². The van der Waals surface area contributed by atoms with Gasteiger partial charge in [-0.1, -0.05) is 6.42 Å². The number of rotatable bonds is 4. The molecule has 0 aromatic rings. The molecule has 12 heavy (non-hydrogen) atoms. The number of hydrogen-bond acceptors (Lipinski definition) is 2. The van der Waals surface area contributed by atoms with Crippen molar-refractivity contribution in [2.24, 2.45) is 11.8 Å². The molecule has 0 aromatic heterocycles. The molecule has 2 fully saturated rings. The lowest BCUT2D eigenvalue weighted by molar-refractivity contribution is 0.0516. The standard InChI is InChI=1S/C10H19NO/c1-2-9(3-1)7-12-8-10-4-5-11-6-10/h9-11H,1-8H2/t10-/m1/s1. The minimum Gasteiger partial charge on any atom is -0.381 e. The van der Waals surface area contributed by atoms with E-state index in [0.717, 1.165) is 25.0 Å².